The lowest BCUT2D eigenvalue weighted by Gasteiger charge is -2.04. The van der Waals surface area contributed by atoms with Gasteiger partial charge in [0.1, 0.15) is 12.4 Å². The van der Waals surface area contributed by atoms with Crippen LogP contribution >= 0.6 is 15.9 Å². The summed E-state index contributed by atoms with van der Waals surface area (Å²) in [6.45, 7) is 0.391. The van der Waals surface area contributed by atoms with Gasteiger partial charge in [-0.3, -0.25) is 0 Å². The fraction of sp³-hybridized carbons (Fsp3) is 0.0909. The van der Waals surface area contributed by atoms with Crippen molar-refractivity contribution in [2.45, 2.75) is 6.61 Å². The molecule has 0 saturated heterocycles. The molecule has 0 saturated carbocycles. The molecule has 2 aromatic rings. The van der Waals surface area contributed by atoms with E-state index in [1.807, 2.05) is 24.3 Å². The Labute approximate surface area is 96.3 Å². The van der Waals surface area contributed by atoms with Crippen LogP contribution in [0.3, 0.4) is 0 Å². The summed E-state index contributed by atoms with van der Waals surface area (Å²) in [6, 6.07) is 9.44. The molecular formula is C11H9BrN2O. The molecule has 0 aliphatic heterocycles. The normalized spacial score (nSPS) is 9.93. The van der Waals surface area contributed by atoms with Crippen molar-refractivity contribution in [3.8, 4) is 5.75 Å². The third-order valence-corrected chi connectivity index (χ3v) is 2.33. The van der Waals surface area contributed by atoms with Crippen LogP contribution in [0.5, 0.6) is 5.75 Å². The number of nitrogens with zero attached hydrogens (tertiary/aromatic N) is 2. The Morgan fingerprint density at radius 2 is 1.73 bits per heavy atom. The largest absolute Gasteiger partial charge is 0.486 e. The highest BCUT2D eigenvalue weighted by atomic mass is 79.9. The van der Waals surface area contributed by atoms with Crippen molar-refractivity contribution in [3.05, 3.63) is 53.0 Å². The fourth-order valence-electron chi connectivity index (χ4n) is 1.08. The van der Waals surface area contributed by atoms with Crippen molar-refractivity contribution in [1.82, 2.24) is 9.97 Å². The highest BCUT2D eigenvalue weighted by Gasteiger charge is 1.96. The second-order valence-electron chi connectivity index (χ2n) is 2.91. The summed E-state index contributed by atoms with van der Waals surface area (Å²) in [7, 11) is 0. The topological polar surface area (TPSA) is 35.0 Å². The number of halogens is 1. The number of rotatable bonds is 3. The van der Waals surface area contributed by atoms with Crippen LogP contribution in [0.25, 0.3) is 0 Å². The molecule has 0 atom stereocenters. The summed E-state index contributed by atoms with van der Waals surface area (Å²) in [4.78, 5) is 8.13. The molecule has 0 spiro atoms. The lowest BCUT2D eigenvalue weighted by Crippen LogP contribution is -1.99. The fourth-order valence-corrected chi connectivity index (χ4v) is 1.35. The number of hydrogen-bond donors (Lipinski definition) is 0. The summed E-state index contributed by atoms with van der Waals surface area (Å²) >= 11 is 3.36. The van der Waals surface area contributed by atoms with Gasteiger partial charge >= 0.3 is 0 Å². The average Bonchev–Trinajstić information content (AvgIpc) is 2.30. The van der Waals surface area contributed by atoms with Crippen LogP contribution in [0, 0.1) is 0 Å². The van der Waals surface area contributed by atoms with E-state index >= 15 is 0 Å². The van der Waals surface area contributed by atoms with Gasteiger partial charge in [-0.15, -0.1) is 0 Å². The summed E-state index contributed by atoms with van der Waals surface area (Å²) in [5, 5.41) is 0. The second-order valence-corrected chi connectivity index (χ2v) is 3.82. The maximum absolute atomic E-state index is 5.50. The van der Waals surface area contributed by atoms with Crippen LogP contribution in [0.4, 0.5) is 0 Å². The summed E-state index contributed by atoms with van der Waals surface area (Å²) in [6.07, 6.45) is 3.40. The van der Waals surface area contributed by atoms with E-state index in [0.717, 1.165) is 10.2 Å². The number of ether oxygens (including phenoxy) is 1. The summed E-state index contributed by atoms with van der Waals surface area (Å²) in [5.41, 5.74) is 0. The monoisotopic (exact) mass is 264 g/mol. The predicted molar refractivity (Wildman–Crippen MR) is 60.5 cm³/mol. The van der Waals surface area contributed by atoms with Gasteiger partial charge in [0.15, 0.2) is 5.82 Å². The molecule has 1 aromatic heterocycles. The Bertz CT molecular complexity index is 416. The van der Waals surface area contributed by atoms with Crippen molar-refractivity contribution in [1.29, 1.82) is 0 Å². The number of benzene rings is 1. The third-order valence-electron chi connectivity index (χ3n) is 1.80. The zero-order valence-electron chi connectivity index (χ0n) is 7.93. The molecule has 0 amide bonds. The summed E-state index contributed by atoms with van der Waals surface area (Å²) in [5.74, 6) is 1.49. The SMILES string of the molecule is Brc1ccc(OCc2ncccn2)cc1. The van der Waals surface area contributed by atoms with E-state index in [2.05, 4.69) is 25.9 Å². The molecule has 0 unspecified atom stereocenters. The van der Waals surface area contributed by atoms with E-state index in [0.29, 0.717) is 12.4 Å². The first kappa shape index (κ1) is 10.1. The molecule has 0 aliphatic rings. The van der Waals surface area contributed by atoms with Gasteiger partial charge in [0.25, 0.3) is 0 Å². The molecule has 0 N–H and O–H groups in total. The lowest BCUT2D eigenvalue weighted by atomic mass is 10.3. The van der Waals surface area contributed by atoms with Crippen LogP contribution in [0.1, 0.15) is 5.82 Å². The van der Waals surface area contributed by atoms with Crippen LogP contribution in [0.15, 0.2) is 47.2 Å². The standard InChI is InChI=1S/C11H9BrN2O/c12-9-2-4-10(5-3-9)15-8-11-13-6-1-7-14-11/h1-7H,8H2. The van der Waals surface area contributed by atoms with Gasteiger partial charge in [-0.05, 0) is 30.3 Å². The molecular weight excluding hydrogens is 256 g/mol. The van der Waals surface area contributed by atoms with Gasteiger partial charge in [0.05, 0.1) is 0 Å². The van der Waals surface area contributed by atoms with Gasteiger partial charge < -0.3 is 4.74 Å². The van der Waals surface area contributed by atoms with Crippen LogP contribution in [-0.2, 0) is 6.61 Å². The molecule has 1 heterocycles. The van der Waals surface area contributed by atoms with E-state index in [9.17, 15) is 0 Å². The highest BCUT2D eigenvalue weighted by molar-refractivity contribution is 9.10. The molecule has 4 heteroatoms. The van der Waals surface area contributed by atoms with Crippen molar-refractivity contribution >= 4 is 15.9 Å². The highest BCUT2D eigenvalue weighted by Crippen LogP contribution is 2.16. The van der Waals surface area contributed by atoms with Gasteiger partial charge in [0.2, 0.25) is 0 Å². The van der Waals surface area contributed by atoms with Crippen molar-refractivity contribution in [2.75, 3.05) is 0 Å². The quantitative estimate of drug-likeness (QED) is 0.855. The van der Waals surface area contributed by atoms with E-state index in [-0.39, 0.29) is 0 Å². The molecule has 0 aliphatic carbocycles. The zero-order chi connectivity index (χ0) is 10.5. The number of aromatic nitrogens is 2. The van der Waals surface area contributed by atoms with E-state index in [1.165, 1.54) is 0 Å². The van der Waals surface area contributed by atoms with Crippen molar-refractivity contribution < 1.29 is 4.74 Å². The maximum Gasteiger partial charge on any atom is 0.166 e. The van der Waals surface area contributed by atoms with Crippen LogP contribution < -0.4 is 4.74 Å². The molecule has 3 nitrogen and oxygen atoms in total. The second kappa shape index (κ2) is 4.89. The molecule has 2 rings (SSSR count). The van der Waals surface area contributed by atoms with Gasteiger partial charge in [-0.1, -0.05) is 15.9 Å². The van der Waals surface area contributed by atoms with E-state index in [4.69, 9.17) is 4.74 Å². The third kappa shape index (κ3) is 3.02. The number of hydrogen-bond acceptors (Lipinski definition) is 3. The van der Waals surface area contributed by atoms with Crippen molar-refractivity contribution in [3.63, 3.8) is 0 Å². The first-order chi connectivity index (χ1) is 7.34. The minimum Gasteiger partial charge on any atom is -0.486 e. The van der Waals surface area contributed by atoms with Gasteiger partial charge in [0, 0.05) is 16.9 Å². The summed E-state index contributed by atoms with van der Waals surface area (Å²) < 4.78 is 6.53. The Hall–Kier alpha value is -1.42. The maximum atomic E-state index is 5.50. The smallest absolute Gasteiger partial charge is 0.166 e. The minimum absolute atomic E-state index is 0.391. The molecule has 76 valence electrons. The van der Waals surface area contributed by atoms with E-state index < -0.39 is 0 Å². The Morgan fingerprint density at radius 1 is 1.07 bits per heavy atom. The first-order valence-electron chi connectivity index (χ1n) is 4.49. The zero-order valence-corrected chi connectivity index (χ0v) is 9.52. The first-order valence-corrected chi connectivity index (χ1v) is 5.28. The molecule has 0 radical (unpaired) electrons. The molecule has 1 aromatic carbocycles. The van der Waals surface area contributed by atoms with Gasteiger partial charge in [-0.25, -0.2) is 9.97 Å². The average molecular weight is 265 g/mol. The van der Waals surface area contributed by atoms with E-state index in [1.54, 1.807) is 18.5 Å². The predicted octanol–water partition coefficient (Wildman–Crippen LogP) is 2.82. The molecule has 15 heavy (non-hydrogen) atoms. The van der Waals surface area contributed by atoms with Crippen LogP contribution in [0.2, 0.25) is 0 Å². The van der Waals surface area contributed by atoms with Gasteiger partial charge in [-0.2, -0.15) is 0 Å². The Kier molecular flexibility index (Phi) is 3.29. The van der Waals surface area contributed by atoms with Crippen molar-refractivity contribution in [2.24, 2.45) is 0 Å². The molecule has 0 fully saturated rings. The Balaban J connectivity index is 1.96. The Morgan fingerprint density at radius 3 is 2.40 bits per heavy atom. The molecule has 0 bridgehead atoms. The lowest BCUT2D eigenvalue weighted by molar-refractivity contribution is 0.295. The van der Waals surface area contributed by atoms with Crippen LogP contribution in [-0.4, -0.2) is 9.97 Å². The minimum atomic E-state index is 0.391.